The number of halogens is 1. The minimum absolute atomic E-state index is 0.0117. The lowest BCUT2D eigenvalue weighted by Crippen LogP contribution is -2.27. The molecule has 2 aromatic heterocycles. The fourth-order valence-electron chi connectivity index (χ4n) is 2.30. The molecule has 0 fully saturated rings. The molecule has 0 spiro atoms. The number of rotatable bonds is 4. The number of aryl methyl sites for hydroxylation is 1. The van der Waals surface area contributed by atoms with Gasteiger partial charge in [0.1, 0.15) is 0 Å². The van der Waals surface area contributed by atoms with Crippen molar-refractivity contribution in [3.8, 4) is 5.75 Å². The van der Waals surface area contributed by atoms with E-state index in [1.165, 1.54) is 23.8 Å². The van der Waals surface area contributed by atoms with E-state index in [1.54, 1.807) is 25.3 Å². The first-order valence-corrected chi connectivity index (χ1v) is 7.32. The molecule has 124 valence electrons. The number of hydrogen-bond donors (Lipinski definition) is 1. The summed E-state index contributed by atoms with van der Waals surface area (Å²) in [4.78, 5) is 20.5. The van der Waals surface area contributed by atoms with Gasteiger partial charge in [0.2, 0.25) is 5.82 Å². The van der Waals surface area contributed by atoms with Crippen LogP contribution in [0.1, 0.15) is 34.8 Å². The Bertz CT molecular complexity index is 909. The fraction of sp³-hybridized carbons (Fsp3) is 0.250. The standard InChI is InChI=1S/C16H16FN5O2/c1-9-6-7-18-16-20-14(21-22(9)16)15(23)19-10(2)11-4-5-13(24-3)12(17)8-11/h4-8,10H,1-3H3,(H,19,23). The molecular formula is C16H16FN5O2. The number of nitrogens with one attached hydrogen (secondary N) is 1. The maximum atomic E-state index is 13.8. The van der Waals surface area contributed by atoms with E-state index in [-0.39, 0.29) is 11.6 Å². The number of aromatic nitrogens is 4. The second-order valence-corrected chi connectivity index (χ2v) is 5.32. The van der Waals surface area contributed by atoms with E-state index in [9.17, 15) is 9.18 Å². The Morgan fingerprint density at radius 2 is 2.17 bits per heavy atom. The largest absolute Gasteiger partial charge is 0.494 e. The number of hydrogen-bond acceptors (Lipinski definition) is 5. The molecule has 0 radical (unpaired) electrons. The molecule has 24 heavy (non-hydrogen) atoms. The lowest BCUT2D eigenvalue weighted by atomic mass is 10.1. The summed E-state index contributed by atoms with van der Waals surface area (Å²) in [6.45, 7) is 3.59. The first-order valence-electron chi connectivity index (χ1n) is 7.32. The van der Waals surface area contributed by atoms with Crippen molar-refractivity contribution in [1.82, 2.24) is 24.9 Å². The highest BCUT2D eigenvalue weighted by Crippen LogP contribution is 2.21. The molecule has 1 N–H and O–H groups in total. The SMILES string of the molecule is COc1ccc(C(C)NC(=O)c2nc3nccc(C)n3n2)cc1F. The predicted molar refractivity (Wildman–Crippen MR) is 84.4 cm³/mol. The Morgan fingerprint density at radius 3 is 2.83 bits per heavy atom. The maximum absolute atomic E-state index is 13.8. The minimum Gasteiger partial charge on any atom is -0.494 e. The van der Waals surface area contributed by atoms with E-state index in [0.29, 0.717) is 11.3 Å². The van der Waals surface area contributed by atoms with Crippen molar-refractivity contribution in [2.75, 3.05) is 7.11 Å². The van der Waals surface area contributed by atoms with Crippen molar-refractivity contribution in [3.63, 3.8) is 0 Å². The van der Waals surface area contributed by atoms with Crippen LogP contribution in [0.2, 0.25) is 0 Å². The average Bonchev–Trinajstić information content (AvgIpc) is 3.00. The quantitative estimate of drug-likeness (QED) is 0.792. The van der Waals surface area contributed by atoms with E-state index in [1.807, 2.05) is 6.92 Å². The van der Waals surface area contributed by atoms with Crippen molar-refractivity contribution >= 4 is 11.7 Å². The summed E-state index contributed by atoms with van der Waals surface area (Å²) in [5.74, 6) is -0.424. The van der Waals surface area contributed by atoms with Crippen LogP contribution < -0.4 is 10.1 Å². The van der Waals surface area contributed by atoms with Crippen LogP contribution in [0.25, 0.3) is 5.78 Å². The third kappa shape index (κ3) is 2.90. The number of fused-ring (bicyclic) bond motifs is 1. The fourth-order valence-corrected chi connectivity index (χ4v) is 2.30. The van der Waals surface area contributed by atoms with Crippen molar-refractivity contribution in [3.05, 3.63) is 53.4 Å². The zero-order valence-electron chi connectivity index (χ0n) is 13.4. The topological polar surface area (TPSA) is 81.4 Å². The van der Waals surface area contributed by atoms with Gasteiger partial charge in [-0.3, -0.25) is 4.79 Å². The Labute approximate surface area is 137 Å². The Morgan fingerprint density at radius 1 is 1.38 bits per heavy atom. The molecule has 1 atom stereocenters. The minimum atomic E-state index is -0.484. The lowest BCUT2D eigenvalue weighted by Gasteiger charge is -2.14. The van der Waals surface area contributed by atoms with Gasteiger partial charge in [-0.2, -0.15) is 4.98 Å². The molecule has 8 heteroatoms. The predicted octanol–water partition coefficient (Wildman–Crippen LogP) is 2.07. The normalized spacial score (nSPS) is 12.2. The highest BCUT2D eigenvalue weighted by Gasteiger charge is 2.18. The molecule has 1 aromatic carbocycles. The molecular weight excluding hydrogens is 313 g/mol. The Balaban J connectivity index is 1.80. The molecule has 1 amide bonds. The maximum Gasteiger partial charge on any atom is 0.291 e. The molecule has 3 aromatic rings. The van der Waals surface area contributed by atoms with Gasteiger partial charge >= 0.3 is 0 Å². The molecule has 0 bridgehead atoms. The van der Waals surface area contributed by atoms with Crippen LogP contribution in [-0.2, 0) is 0 Å². The van der Waals surface area contributed by atoms with Crippen LogP contribution in [0.4, 0.5) is 4.39 Å². The van der Waals surface area contributed by atoms with Crippen LogP contribution in [-0.4, -0.2) is 32.6 Å². The molecule has 0 aliphatic rings. The summed E-state index contributed by atoms with van der Waals surface area (Å²) < 4.78 is 20.2. The molecule has 1 unspecified atom stereocenters. The molecule has 0 saturated carbocycles. The number of nitrogens with zero attached hydrogens (tertiary/aromatic N) is 4. The zero-order chi connectivity index (χ0) is 17.3. The van der Waals surface area contributed by atoms with Gasteiger partial charge in [-0.15, -0.1) is 5.10 Å². The van der Waals surface area contributed by atoms with Gasteiger partial charge in [0.15, 0.2) is 11.6 Å². The second-order valence-electron chi connectivity index (χ2n) is 5.32. The third-order valence-corrected chi connectivity index (χ3v) is 3.66. The van der Waals surface area contributed by atoms with Gasteiger partial charge in [-0.05, 0) is 37.6 Å². The van der Waals surface area contributed by atoms with E-state index in [0.717, 1.165) is 5.69 Å². The molecule has 0 aliphatic carbocycles. The molecule has 0 aliphatic heterocycles. The highest BCUT2D eigenvalue weighted by molar-refractivity contribution is 5.91. The molecule has 7 nitrogen and oxygen atoms in total. The van der Waals surface area contributed by atoms with Crippen molar-refractivity contribution < 1.29 is 13.9 Å². The summed E-state index contributed by atoms with van der Waals surface area (Å²) in [5, 5.41) is 6.89. The summed E-state index contributed by atoms with van der Waals surface area (Å²) in [6, 6.07) is 5.89. The number of methoxy groups -OCH3 is 1. The zero-order valence-corrected chi connectivity index (χ0v) is 13.4. The van der Waals surface area contributed by atoms with Crippen LogP contribution >= 0.6 is 0 Å². The summed E-state index contributed by atoms with van der Waals surface area (Å²) in [6.07, 6.45) is 1.60. The van der Waals surface area contributed by atoms with Gasteiger partial charge < -0.3 is 10.1 Å². The van der Waals surface area contributed by atoms with Crippen LogP contribution in [0.3, 0.4) is 0 Å². The lowest BCUT2D eigenvalue weighted by molar-refractivity contribution is 0.0929. The van der Waals surface area contributed by atoms with Gasteiger partial charge in [0.05, 0.1) is 13.2 Å². The summed E-state index contributed by atoms with van der Waals surface area (Å²) >= 11 is 0. The van der Waals surface area contributed by atoms with Crippen molar-refractivity contribution in [2.24, 2.45) is 0 Å². The van der Waals surface area contributed by atoms with E-state index in [4.69, 9.17) is 4.74 Å². The Hall–Kier alpha value is -3.03. The molecule has 3 rings (SSSR count). The van der Waals surface area contributed by atoms with E-state index < -0.39 is 17.8 Å². The van der Waals surface area contributed by atoms with E-state index >= 15 is 0 Å². The summed E-state index contributed by atoms with van der Waals surface area (Å²) in [7, 11) is 1.40. The Kier molecular flexibility index (Phi) is 4.11. The van der Waals surface area contributed by atoms with Gasteiger partial charge in [0.25, 0.3) is 11.7 Å². The van der Waals surface area contributed by atoms with Crippen molar-refractivity contribution in [1.29, 1.82) is 0 Å². The number of carbonyl (C=O) groups is 1. The molecule has 0 saturated heterocycles. The van der Waals surface area contributed by atoms with Crippen LogP contribution in [0.15, 0.2) is 30.5 Å². The number of carbonyl (C=O) groups excluding carboxylic acids is 1. The van der Waals surface area contributed by atoms with E-state index in [2.05, 4.69) is 20.4 Å². The van der Waals surface area contributed by atoms with Gasteiger partial charge in [0, 0.05) is 11.9 Å². The molecule has 2 heterocycles. The smallest absolute Gasteiger partial charge is 0.291 e. The van der Waals surface area contributed by atoms with Crippen molar-refractivity contribution in [2.45, 2.75) is 19.9 Å². The van der Waals surface area contributed by atoms with Crippen LogP contribution in [0, 0.1) is 12.7 Å². The van der Waals surface area contributed by atoms with Gasteiger partial charge in [-0.25, -0.2) is 13.9 Å². The number of ether oxygens (including phenoxy) is 1. The third-order valence-electron chi connectivity index (χ3n) is 3.66. The second kappa shape index (κ2) is 6.23. The summed E-state index contributed by atoms with van der Waals surface area (Å²) in [5.41, 5.74) is 1.43. The van der Waals surface area contributed by atoms with Crippen LogP contribution in [0.5, 0.6) is 5.75 Å². The first kappa shape index (κ1) is 15.9. The monoisotopic (exact) mass is 329 g/mol. The first-order chi connectivity index (χ1) is 11.5. The number of benzene rings is 1. The number of amides is 1. The average molecular weight is 329 g/mol. The van der Waals surface area contributed by atoms with Gasteiger partial charge in [-0.1, -0.05) is 6.07 Å². The highest BCUT2D eigenvalue weighted by atomic mass is 19.1.